The third-order valence-corrected chi connectivity index (χ3v) is 3.76. The number of carbonyl (C=O) groups excluding carboxylic acids is 2. The number of furan rings is 1. The van der Waals surface area contributed by atoms with Crippen LogP contribution in [-0.4, -0.2) is 18.5 Å². The minimum absolute atomic E-state index is 0.0512. The maximum Gasteiger partial charge on any atom is 0.374 e. The quantitative estimate of drug-likeness (QED) is 0.775. The Bertz CT molecular complexity index is 678. The van der Waals surface area contributed by atoms with Gasteiger partial charge in [-0.1, -0.05) is 36.8 Å². The zero-order chi connectivity index (χ0) is 16.8. The first-order valence-electron chi connectivity index (χ1n) is 7.28. The summed E-state index contributed by atoms with van der Waals surface area (Å²) in [6.45, 7) is 3.65. The van der Waals surface area contributed by atoms with Crippen LogP contribution < -0.4 is 5.32 Å². The van der Waals surface area contributed by atoms with Crippen molar-refractivity contribution in [2.75, 3.05) is 6.61 Å². The van der Waals surface area contributed by atoms with E-state index in [-0.39, 0.29) is 24.3 Å². The van der Waals surface area contributed by atoms with E-state index >= 15 is 0 Å². The predicted octanol–water partition coefficient (Wildman–Crippen LogP) is 3.77. The average molecular weight is 380 g/mol. The summed E-state index contributed by atoms with van der Waals surface area (Å²) in [7, 11) is 0. The summed E-state index contributed by atoms with van der Waals surface area (Å²) in [6.07, 6.45) is 0.744. The molecule has 122 valence electrons. The number of aryl methyl sites for hydroxylation is 1. The second-order valence-corrected chi connectivity index (χ2v) is 5.90. The molecule has 1 amide bonds. The van der Waals surface area contributed by atoms with E-state index in [4.69, 9.17) is 9.15 Å². The summed E-state index contributed by atoms with van der Waals surface area (Å²) >= 11 is 3.10. The Hall–Kier alpha value is -2.08. The fourth-order valence-electron chi connectivity index (χ4n) is 2.08. The van der Waals surface area contributed by atoms with Gasteiger partial charge in [0, 0.05) is 0 Å². The zero-order valence-corrected chi connectivity index (χ0v) is 14.6. The van der Waals surface area contributed by atoms with Gasteiger partial charge in [-0.15, -0.1) is 0 Å². The van der Waals surface area contributed by atoms with Crippen molar-refractivity contribution in [3.05, 3.63) is 58.0 Å². The van der Waals surface area contributed by atoms with Gasteiger partial charge in [-0.2, -0.15) is 0 Å². The molecule has 1 heterocycles. The number of carbonyl (C=O) groups is 2. The largest absolute Gasteiger partial charge is 0.450 e. The van der Waals surface area contributed by atoms with E-state index in [1.165, 1.54) is 6.07 Å². The molecule has 0 saturated heterocycles. The van der Waals surface area contributed by atoms with E-state index in [9.17, 15) is 9.59 Å². The SMILES string of the molecule is CC[C@@H](NC(=O)COC(=O)c1ccc(Br)o1)c1ccc(C)cc1. The topological polar surface area (TPSA) is 68.5 Å². The van der Waals surface area contributed by atoms with Crippen molar-refractivity contribution in [2.24, 2.45) is 0 Å². The predicted molar refractivity (Wildman–Crippen MR) is 89.0 cm³/mol. The van der Waals surface area contributed by atoms with Crippen molar-refractivity contribution in [3.8, 4) is 0 Å². The summed E-state index contributed by atoms with van der Waals surface area (Å²) in [5.74, 6) is -0.971. The lowest BCUT2D eigenvalue weighted by Gasteiger charge is -2.17. The van der Waals surface area contributed by atoms with Crippen LogP contribution >= 0.6 is 15.9 Å². The van der Waals surface area contributed by atoms with Crippen LogP contribution in [0.15, 0.2) is 45.5 Å². The second kappa shape index (κ2) is 7.97. The zero-order valence-electron chi connectivity index (χ0n) is 13.0. The third-order valence-electron chi connectivity index (χ3n) is 3.33. The van der Waals surface area contributed by atoms with E-state index in [0.29, 0.717) is 4.67 Å². The van der Waals surface area contributed by atoms with Crippen molar-refractivity contribution in [1.29, 1.82) is 0 Å². The number of nitrogens with one attached hydrogen (secondary N) is 1. The fourth-order valence-corrected chi connectivity index (χ4v) is 2.39. The molecule has 0 unspecified atom stereocenters. The molecule has 2 rings (SSSR count). The molecule has 0 spiro atoms. The van der Waals surface area contributed by atoms with Gasteiger partial charge in [0.1, 0.15) is 0 Å². The summed E-state index contributed by atoms with van der Waals surface area (Å²) in [5, 5.41) is 2.86. The Balaban J connectivity index is 1.87. The molecule has 1 N–H and O–H groups in total. The lowest BCUT2D eigenvalue weighted by molar-refractivity contribution is -0.125. The molecule has 0 aliphatic carbocycles. The van der Waals surface area contributed by atoms with E-state index < -0.39 is 5.97 Å². The highest BCUT2D eigenvalue weighted by atomic mass is 79.9. The van der Waals surface area contributed by atoms with Gasteiger partial charge in [0.15, 0.2) is 11.3 Å². The van der Waals surface area contributed by atoms with Crippen molar-refractivity contribution >= 4 is 27.8 Å². The standard InChI is InChI=1S/C17H18BrNO4/c1-3-13(12-6-4-11(2)5-7-12)19-16(20)10-22-17(21)14-8-9-15(18)23-14/h4-9,13H,3,10H2,1-2H3,(H,19,20)/t13-/m1/s1. The first-order valence-corrected chi connectivity index (χ1v) is 8.07. The normalized spacial score (nSPS) is 11.8. The van der Waals surface area contributed by atoms with Crippen LogP contribution in [0.5, 0.6) is 0 Å². The van der Waals surface area contributed by atoms with Gasteiger partial charge in [-0.3, -0.25) is 4.79 Å². The Morgan fingerprint density at radius 1 is 1.22 bits per heavy atom. The van der Waals surface area contributed by atoms with Crippen molar-refractivity contribution in [3.63, 3.8) is 0 Å². The molecule has 2 aromatic rings. The van der Waals surface area contributed by atoms with Gasteiger partial charge >= 0.3 is 5.97 Å². The summed E-state index contributed by atoms with van der Waals surface area (Å²) < 4.78 is 10.4. The number of esters is 1. The van der Waals surface area contributed by atoms with E-state index in [2.05, 4.69) is 21.2 Å². The Morgan fingerprint density at radius 3 is 2.48 bits per heavy atom. The van der Waals surface area contributed by atoms with Crippen molar-refractivity contribution < 1.29 is 18.7 Å². The van der Waals surface area contributed by atoms with Gasteiger partial charge in [-0.25, -0.2) is 4.79 Å². The monoisotopic (exact) mass is 379 g/mol. The molecular weight excluding hydrogens is 362 g/mol. The molecule has 0 saturated carbocycles. The smallest absolute Gasteiger partial charge is 0.374 e. The van der Waals surface area contributed by atoms with Crippen LogP contribution in [0.25, 0.3) is 0 Å². The molecule has 0 radical (unpaired) electrons. The molecule has 5 nitrogen and oxygen atoms in total. The number of hydrogen-bond donors (Lipinski definition) is 1. The maximum absolute atomic E-state index is 12.0. The molecule has 1 aromatic carbocycles. The average Bonchev–Trinajstić information content (AvgIpc) is 2.98. The number of halogens is 1. The van der Waals surface area contributed by atoms with E-state index in [1.807, 2.05) is 38.1 Å². The van der Waals surface area contributed by atoms with Crippen LogP contribution in [0, 0.1) is 6.92 Å². The lowest BCUT2D eigenvalue weighted by atomic mass is 10.0. The van der Waals surface area contributed by atoms with Gasteiger partial charge in [0.2, 0.25) is 5.76 Å². The number of benzene rings is 1. The molecule has 1 aromatic heterocycles. The minimum atomic E-state index is -0.672. The van der Waals surface area contributed by atoms with Crippen LogP contribution in [0.1, 0.15) is 41.1 Å². The number of rotatable bonds is 6. The van der Waals surface area contributed by atoms with Crippen LogP contribution in [0.2, 0.25) is 0 Å². The van der Waals surface area contributed by atoms with Gasteiger partial charge in [0.25, 0.3) is 5.91 Å². The molecule has 1 atom stereocenters. The molecule has 6 heteroatoms. The first-order chi connectivity index (χ1) is 11.0. The highest BCUT2D eigenvalue weighted by Crippen LogP contribution is 2.17. The number of ether oxygens (including phenoxy) is 1. The van der Waals surface area contributed by atoms with Crippen LogP contribution in [0.4, 0.5) is 0 Å². The van der Waals surface area contributed by atoms with Crippen LogP contribution in [0.3, 0.4) is 0 Å². The number of hydrogen-bond acceptors (Lipinski definition) is 4. The Morgan fingerprint density at radius 2 is 1.91 bits per heavy atom. The van der Waals surface area contributed by atoms with Crippen LogP contribution in [-0.2, 0) is 9.53 Å². The molecule has 0 aliphatic heterocycles. The summed E-state index contributed by atoms with van der Waals surface area (Å²) in [6, 6.07) is 10.9. The molecule has 0 fully saturated rings. The number of amides is 1. The summed E-state index contributed by atoms with van der Waals surface area (Å²) in [4.78, 5) is 23.7. The Kier molecular flexibility index (Phi) is 5.98. The molecule has 0 bridgehead atoms. The van der Waals surface area contributed by atoms with Gasteiger partial charge in [0.05, 0.1) is 6.04 Å². The minimum Gasteiger partial charge on any atom is -0.450 e. The molecular formula is C17H18BrNO4. The third kappa shape index (κ3) is 4.96. The maximum atomic E-state index is 12.0. The molecule has 0 aliphatic rings. The van der Waals surface area contributed by atoms with Gasteiger partial charge in [-0.05, 0) is 47.0 Å². The highest BCUT2D eigenvalue weighted by molar-refractivity contribution is 9.10. The summed E-state index contributed by atoms with van der Waals surface area (Å²) in [5.41, 5.74) is 2.18. The lowest BCUT2D eigenvalue weighted by Crippen LogP contribution is -2.32. The van der Waals surface area contributed by atoms with Crippen molar-refractivity contribution in [1.82, 2.24) is 5.32 Å². The fraction of sp³-hybridized carbons (Fsp3) is 0.294. The van der Waals surface area contributed by atoms with E-state index in [1.54, 1.807) is 6.07 Å². The van der Waals surface area contributed by atoms with Crippen molar-refractivity contribution in [2.45, 2.75) is 26.3 Å². The first kappa shape index (κ1) is 17.3. The molecule has 23 heavy (non-hydrogen) atoms. The Labute approximate surface area is 143 Å². The second-order valence-electron chi connectivity index (χ2n) is 5.12. The van der Waals surface area contributed by atoms with E-state index in [0.717, 1.165) is 17.5 Å². The van der Waals surface area contributed by atoms with Gasteiger partial charge < -0.3 is 14.5 Å². The highest BCUT2D eigenvalue weighted by Gasteiger charge is 2.16.